The summed E-state index contributed by atoms with van der Waals surface area (Å²) in [6.45, 7) is 3.95. The normalized spacial score (nSPS) is 10.0. The molecule has 3 aromatic rings. The molecule has 0 saturated carbocycles. The predicted molar refractivity (Wildman–Crippen MR) is 98.6 cm³/mol. The Bertz CT molecular complexity index is 841. The van der Waals surface area contributed by atoms with Gasteiger partial charge < -0.3 is 9.47 Å². The van der Waals surface area contributed by atoms with E-state index in [-0.39, 0.29) is 5.43 Å². The van der Waals surface area contributed by atoms with Crippen molar-refractivity contribution in [2.24, 2.45) is 0 Å². The predicted octanol–water partition coefficient (Wildman–Crippen LogP) is 3.78. The van der Waals surface area contributed by atoms with Crippen molar-refractivity contribution in [3.8, 4) is 0 Å². The van der Waals surface area contributed by atoms with Gasteiger partial charge in [0.15, 0.2) is 5.43 Å². The summed E-state index contributed by atoms with van der Waals surface area (Å²) in [6.07, 6.45) is 1.12. The van der Waals surface area contributed by atoms with Gasteiger partial charge in [0.25, 0.3) is 0 Å². The Kier molecular flexibility index (Phi) is 6.66. The fourth-order valence-electron chi connectivity index (χ4n) is 2.03. The number of hydrogen-bond donors (Lipinski definition) is 0. The van der Waals surface area contributed by atoms with Crippen molar-refractivity contribution in [2.75, 3.05) is 20.3 Å². The molecule has 0 bridgehead atoms. The third-order valence-electron chi connectivity index (χ3n) is 3.18. The lowest BCUT2D eigenvalue weighted by Crippen LogP contribution is -2.06. The minimum Gasteiger partial charge on any atom is -0.460 e. The SMILES string of the molecule is C=CC(=O)OCCOC.O=c1c2ccccc2sc2ccccc12. The van der Waals surface area contributed by atoms with Crippen LogP contribution in [0.2, 0.25) is 0 Å². The smallest absolute Gasteiger partial charge is 0.330 e. The van der Waals surface area contributed by atoms with Crippen molar-refractivity contribution >= 4 is 37.5 Å². The van der Waals surface area contributed by atoms with Crippen LogP contribution in [0.1, 0.15) is 0 Å². The Hall–Kier alpha value is -2.50. The van der Waals surface area contributed by atoms with Crippen LogP contribution >= 0.6 is 11.3 Å². The van der Waals surface area contributed by atoms with E-state index in [2.05, 4.69) is 16.1 Å². The Morgan fingerprint density at radius 3 is 2.08 bits per heavy atom. The number of carbonyl (C=O) groups excluding carboxylic acids is 1. The zero-order valence-corrected chi connectivity index (χ0v) is 14.2. The molecule has 0 radical (unpaired) electrons. The van der Waals surface area contributed by atoms with Crippen LogP contribution in [0.5, 0.6) is 0 Å². The molecule has 3 rings (SSSR count). The number of fused-ring (bicyclic) bond motifs is 2. The lowest BCUT2D eigenvalue weighted by atomic mass is 10.2. The maximum atomic E-state index is 12.1. The summed E-state index contributed by atoms with van der Waals surface area (Å²) >= 11 is 1.67. The molecule has 0 N–H and O–H groups in total. The van der Waals surface area contributed by atoms with Crippen LogP contribution in [0.25, 0.3) is 20.2 Å². The maximum Gasteiger partial charge on any atom is 0.330 e. The average molecular weight is 342 g/mol. The molecule has 0 aliphatic carbocycles. The van der Waals surface area contributed by atoms with Crippen LogP contribution in [-0.2, 0) is 14.3 Å². The Morgan fingerprint density at radius 2 is 1.58 bits per heavy atom. The van der Waals surface area contributed by atoms with E-state index in [1.165, 1.54) is 0 Å². The molecule has 0 saturated heterocycles. The molecule has 1 aromatic heterocycles. The first kappa shape index (κ1) is 17.8. The third kappa shape index (κ3) is 4.50. The third-order valence-corrected chi connectivity index (χ3v) is 4.33. The van der Waals surface area contributed by atoms with Gasteiger partial charge in [-0.2, -0.15) is 0 Å². The summed E-state index contributed by atoms with van der Waals surface area (Å²) < 4.78 is 11.3. The number of hydrogen-bond acceptors (Lipinski definition) is 5. The first-order chi connectivity index (χ1) is 11.7. The summed E-state index contributed by atoms with van der Waals surface area (Å²) in [4.78, 5) is 22.4. The molecule has 0 aliphatic rings. The number of rotatable bonds is 4. The van der Waals surface area contributed by atoms with Gasteiger partial charge in [0.1, 0.15) is 6.61 Å². The van der Waals surface area contributed by atoms with E-state index in [1.54, 1.807) is 18.4 Å². The molecule has 0 fully saturated rings. The van der Waals surface area contributed by atoms with Crippen LogP contribution in [0.4, 0.5) is 0 Å². The first-order valence-electron chi connectivity index (χ1n) is 7.36. The van der Waals surface area contributed by atoms with Gasteiger partial charge in [-0.3, -0.25) is 4.79 Å². The van der Waals surface area contributed by atoms with Gasteiger partial charge in [-0.25, -0.2) is 4.79 Å². The van der Waals surface area contributed by atoms with Crippen molar-refractivity contribution in [3.05, 3.63) is 71.4 Å². The van der Waals surface area contributed by atoms with E-state index in [9.17, 15) is 9.59 Å². The molecule has 0 atom stereocenters. The van der Waals surface area contributed by atoms with Crippen LogP contribution in [0.3, 0.4) is 0 Å². The van der Waals surface area contributed by atoms with E-state index >= 15 is 0 Å². The minimum absolute atomic E-state index is 0.139. The lowest BCUT2D eigenvalue weighted by molar-refractivity contribution is -0.138. The summed E-state index contributed by atoms with van der Waals surface area (Å²) in [6, 6.07) is 15.5. The summed E-state index contributed by atoms with van der Waals surface area (Å²) in [5.41, 5.74) is 0.139. The van der Waals surface area contributed by atoms with Crippen molar-refractivity contribution in [3.63, 3.8) is 0 Å². The van der Waals surface area contributed by atoms with Gasteiger partial charge in [0, 0.05) is 33.4 Å². The highest BCUT2D eigenvalue weighted by Crippen LogP contribution is 2.23. The van der Waals surface area contributed by atoms with Crippen LogP contribution in [0.15, 0.2) is 66.0 Å². The highest BCUT2D eigenvalue weighted by molar-refractivity contribution is 7.24. The fraction of sp³-hybridized carbons (Fsp3) is 0.158. The Labute approximate surface area is 144 Å². The zero-order chi connectivity index (χ0) is 17.4. The van der Waals surface area contributed by atoms with E-state index in [0.29, 0.717) is 13.2 Å². The van der Waals surface area contributed by atoms with Crippen LogP contribution in [-0.4, -0.2) is 26.3 Å². The maximum absolute atomic E-state index is 12.1. The first-order valence-corrected chi connectivity index (χ1v) is 8.17. The molecule has 0 spiro atoms. The molecule has 2 aromatic carbocycles. The molecule has 24 heavy (non-hydrogen) atoms. The number of ether oxygens (including phenoxy) is 2. The molecule has 5 heteroatoms. The van der Waals surface area contributed by atoms with Crippen molar-refractivity contribution in [1.82, 2.24) is 0 Å². The average Bonchev–Trinajstić information content (AvgIpc) is 2.62. The van der Waals surface area contributed by atoms with E-state index in [1.807, 2.05) is 48.5 Å². The van der Waals surface area contributed by atoms with E-state index in [0.717, 1.165) is 26.2 Å². The number of benzene rings is 2. The van der Waals surface area contributed by atoms with Crippen molar-refractivity contribution in [2.45, 2.75) is 0 Å². The molecule has 0 unspecified atom stereocenters. The van der Waals surface area contributed by atoms with Gasteiger partial charge in [-0.05, 0) is 24.3 Å². The quantitative estimate of drug-likeness (QED) is 0.313. The van der Waals surface area contributed by atoms with Gasteiger partial charge in [-0.1, -0.05) is 30.8 Å². The number of methoxy groups -OCH3 is 1. The lowest BCUT2D eigenvalue weighted by Gasteiger charge is -1.99. The number of esters is 1. The fourth-order valence-corrected chi connectivity index (χ4v) is 3.11. The molecule has 1 heterocycles. The van der Waals surface area contributed by atoms with Crippen LogP contribution < -0.4 is 5.43 Å². The second-order valence-corrected chi connectivity index (χ2v) is 5.87. The summed E-state index contributed by atoms with van der Waals surface area (Å²) in [5.74, 6) is -0.410. The standard InChI is InChI=1S/C13H8OS.C6H10O3/c14-13-9-5-1-3-7-11(9)15-12-8-4-2-6-10(12)13;1-3-6(7)9-5-4-8-2/h1-8H;3H,1,4-5H2,2H3. The van der Waals surface area contributed by atoms with Crippen molar-refractivity contribution < 1.29 is 14.3 Å². The Morgan fingerprint density at radius 1 is 1.04 bits per heavy atom. The minimum atomic E-state index is -0.410. The second kappa shape index (κ2) is 8.96. The zero-order valence-electron chi connectivity index (χ0n) is 13.4. The molecular weight excluding hydrogens is 324 g/mol. The van der Waals surface area contributed by atoms with Gasteiger partial charge in [-0.15, -0.1) is 11.3 Å². The summed E-state index contributed by atoms with van der Waals surface area (Å²) in [7, 11) is 1.54. The molecule has 0 aliphatic heterocycles. The van der Waals surface area contributed by atoms with E-state index in [4.69, 9.17) is 0 Å². The van der Waals surface area contributed by atoms with E-state index < -0.39 is 5.97 Å². The highest BCUT2D eigenvalue weighted by atomic mass is 32.1. The van der Waals surface area contributed by atoms with Gasteiger partial charge >= 0.3 is 5.97 Å². The largest absolute Gasteiger partial charge is 0.460 e. The van der Waals surface area contributed by atoms with Crippen molar-refractivity contribution in [1.29, 1.82) is 0 Å². The molecule has 0 amide bonds. The van der Waals surface area contributed by atoms with Crippen LogP contribution in [0, 0.1) is 0 Å². The Balaban J connectivity index is 0.000000202. The van der Waals surface area contributed by atoms with Gasteiger partial charge in [0.2, 0.25) is 0 Å². The topological polar surface area (TPSA) is 52.6 Å². The molecule has 4 nitrogen and oxygen atoms in total. The second-order valence-electron chi connectivity index (χ2n) is 4.79. The molecule has 124 valence electrons. The summed E-state index contributed by atoms with van der Waals surface area (Å²) in [5, 5.41) is 1.64. The number of carbonyl (C=O) groups is 1. The monoisotopic (exact) mass is 342 g/mol. The van der Waals surface area contributed by atoms with Gasteiger partial charge in [0.05, 0.1) is 6.61 Å². The molecular formula is C19H18O4S. The highest BCUT2D eigenvalue weighted by Gasteiger charge is 2.03.